The third-order valence-corrected chi connectivity index (χ3v) is 5.39. The van der Waals surface area contributed by atoms with Crippen molar-refractivity contribution in [3.8, 4) is 0 Å². The van der Waals surface area contributed by atoms with Crippen LogP contribution in [0.5, 0.6) is 0 Å². The van der Waals surface area contributed by atoms with Gasteiger partial charge in [-0.3, -0.25) is 19.4 Å². The predicted molar refractivity (Wildman–Crippen MR) is 102 cm³/mol. The van der Waals surface area contributed by atoms with Crippen LogP contribution in [0.15, 0.2) is 24.3 Å². The molecule has 2 aliphatic heterocycles. The molecule has 2 aliphatic rings. The van der Waals surface area contributed by atoms with Gasteiger partial charge in [-0.2, -0.15) is 13.2 Å². The molecule has 2 heterocycles. The van der Waals surface area contributed by atoms with Crippen molar-refractivity contribution in [2.24, 2.45) is 0 Å². The Kier molecular flexibility index (Phi) is 7.13. The molecule has 29 heavy (non-hydrogen) atoms. The summed E-state index contributed by atoms with van der Waals surface area (Å²) in [5, 5.41) is 5.63. The van der Waals surface area contributed by atoms with Crippen molar-refractivity contribution in [2.75, 3.05) is 39.3 Å². The topological polar surface area (TPSA) is 64.7 Å². The normalized spacial score (nSPS) is 22.0. The van der Waals surface area contributed by atoms with E-state index in [-0.39, 0.29) is 18.4 Å². The van der Waals surface area contributed by atoms with Crippen LogP contribution in [0.3, 0.4) is 0 Å². The van der Waals surface area contributed by atoms with E-state index in [1.54, 1.807) is 0 Å². The molecule has 160 valence electrons. The van der Waals surface area contributed by atoms with E-state index >= 15 is 0 Å². The van der Waals surface area contributed by atoms with E-state index in [1.807, 2.05) is 4.90 Å². The van der Waals surface area contributed by atoms with Gasteiger partial charge in [0.1, 0.15) is 6.04 Å². The van der Waals surface area contributed by atoms with Crippen molar-refractivity contribution in [3.05, 3.63) is 35.4 Å². The highest BCUT2D eigenvalue weighted by Crippen LogP contribution is 2.29. The van der Waals surface area contributed by atoms with Gasteiger partial charge in [-0.1, -0.05) is 12.1 Å². The standard InChI is InChI=1S/C20H27F3N4O2/c21-20(22,23)16-6-4-15(5-7-16)13-26-9-11-27(12-10-26)14-18(28)25-17-3-1-2-8-24-19(17)29/h4-7,17H,1-3,8-14H2,(H,24,29)(H,25,28)/t17-/m0/s1. The van der Waals surface area contributed by atoms with E-state index in [0.717, 1.165) is 43.6 Å². The minimum absolute atomic E-state index is 0.114. The van der Waals surface area contributed by atoms with Crippen LogP contribution in [0.25, 0.3) is 0 Å². The number of benzene rings is 1. The number of nitrogens with one attached hydrogen (secondary N) is 2. The number of nitrogens with zero attached hydrogens (tertiary/aromatic N) is 2. The molecule has 1 atom stereocenters. The summed E-state index contributed by atoms with van der Waals surface area (Å²) in [6.45, 7) is 4.36. The monoisotopic (exact) mass is 412 g/mol. The summed E-state index contributed by atoms with van der Waals surface area (Å²) in [4.78, 5) is 28.4. The summed E-state index contributed by atoms with van der Waals surface area (Å²) in [6, 6.07) is 4.80. The van der Waals surface area contributed by atoms with Gasteiger partial charge in [-0.15, -0.1) is 0 Å². The lowest BCUT2D eigenvalue weighted by atomic mass is 10.1. The predicted octanol–water partition coefficient (Wildman–Crippen LogP) is 1.61. The molecule has 1 aromatic rings. The van der Waals surface area contributed by atoms with Crippen molar-refractivity contribution in [3.63, 3.8) is 0 Å². The molecule has 0 aliphatic carbocycles. The Bertz CT molecular complexity index is 701. The molecule has 0 saturated carbocycles. The summed E-state index contributed by atoms with van der Waals surface area (Å²) in [7, 11) is 0. The van der Waals surface area contributed by atoms with Crippen LogP contribution < -0.4 is 10.6 Å². The fraction of sp³-hybridized carbons (Fsp3) is 0.600. The summed E-state index contributed by atoms with van der Waals surface area (Å²) in [5.41, 5.74) is 0.197. The Morgan fingerprint density at radius 3 is 2.38 bits per heavy atom. The lowest BCUT2D eigenvalue weighted by molar-refractivity contribution is -0.137. The number of halogens is 3. The number of hydrogen-bond acceptors (Lipinski definition) is 4. The molecule has 2 fully saturated rings. The van der Waals surface area contributed by atoms with Gasteiger partial charge >= 0.3 is 6.18 Å². The molecule has 0 aromatic heterocycles. The van der Waals surface area contributed by atoms with Gasteiger partial charge in [-0.05, 0) is 37.0 Å². The smallest absolute Gasteiger partial charge is 0.354 e. The molecule has 9 heteroatoms. The van der Waals surface area contributed by atoms with Crippen LogP contribution in [-0.2, 0) is 22.3 Å². The van der Waals surface area contributed by atoms with Gasteiger partial charge in [0, 0.05) is 39.3 Å². The second kappa shape index (κ2) is 9.58. The minimum Gasteiger partial charge on any atom is -0.354 e. The number of alkyl halides is 3. The maximum absolute atomic E-state index is 12.6. The SMILES string of the molecule is O=C(CN1CCN(Cc2ccc(C(F)(F)F)cc2)CC1)N[C@H]1CCCCNC1=O. The number of piperazine rings is 1. The van der Waals surface area contributed by atoms with Crippen molar-refractivity contribution >= 4 is 11.8 Å². The van der Waals surface area contributed by atoms with Crippen LogP contribution in [-0.4, -0.2) is 66.9 Å². The maximum Gasteiger partial charge on any atom is 0.416 e. The molecule has 2 amide bonds. The first-order chi connectivity index (χ1) is 13.8. The van der Waals surface area contributed by atoms with Crippen LogP contribution >= 0.6 is 0 Å². The molecule has 3 rings (SSSR count). The average molecular weight is 412 g/mol. The zero-order valence-electron chi connectivity index (χ0n) is 16.3. The molecule has 0 unspecified atom stereocenters. The molecule has 0 bridgehead atoms. The van der Waals surface area contributed by atoms with E-state index in [4.69, 9.17) is 0 Å². The van der Waals surface area contributed by atoms with E-state index in [1.165, 1.54) is 12.1 Å². The second-order valence-electron chi connectivity index (χ2n) is 7.65. The fourth-order valence-electron chi connectivity index (χ4n) is 3.68. The third kappa shape index (κ3) is 6.43. The number of rotatable bonds is 5. The molecular formula is C20H27F3N4O2. The van der Waals surface area contributed by atoms with Gasteiger partial charge in [0.05, 0.1) is 12.1 Å². The van der Waals surface area contributed by atoms with Crippen molar-refractivity contribution in [1.29, 1.82) is 0 Å². The first-order valence-electron chi connectivity index (χ1n) is 9.99. The largest absolute Gasteiger partial charge is 0.416 e. The number of hydrogen-bond donors (Lipinski definition) is 2. The van der Waals surface area contributed by atoms with Crippen molar-refractivity contribution in [1.82, 2.24) is 20.4 Å². The zero-order chi connectivity index (χ0) is 20.9. The Morgan fingerprint density at radius 2 is 1.72 bits per heavy atom. The Labute approximate surface area is 168 Å². The van der Waals surface area contributed by atoms with Crippen molar-refractivity contribution < 1.29 is 22.8 Å². The first kappa shape index (κ1) is 21.6. The van der Waals surface area contributed by atoms with Crippen LogP contribution in [0.4, 0.5) is 13.2 Å². The molecule has 0 spiro atoms. The minimum atomic E-state index is -4.32. The molecule has 2 saturated heterocycles. The second-order valence-corrected chi connectivity index (χ2v) is 7.65. The molecule has 2 N–H and O–H groups in total. The summed E-state index contributed by atoms with van der Waals surface area (Å²) in [6.07, 6.45) is -1.81. The van der Waals surface area contributed by atoms with Crippen molar-refractivity contribution in [2.45, 2.75) is 38.0 Å². The zero-order valence-corrected chi connectivity index (χ0v) is 16.3. The Balaban J connectivity index is 1.41. The molecular weight excluding hydrogens is 385 g/mol. The van der Waals surface area contributed by atoms with Crippen LogP contribution in [0.2, 0.25) is 0 Å². The lowest BCUT2D eigenvalue weighted by Gasteiger charge is -2.34. The lowest BCUT2D eigenvalue weighted by Crippen LogP contribution is -2.52. The highest BCUT2D eigenvalue weighted by molar-refractivity contribution is 5.88. The molecule has 6 nitrogen and oxygen atoms in total. The van der Waals surface area contributed by atoms with E-state index in [9.17, 15) is 22.8 Å². The van der Waals surface area contributed by atoms with Crippen LogP contribution in [0.1, 0.15) is 30.4 Å². The maximum atomic E-state index is 12.6. The highest BCUT2D eigenvalue weighted by atomic mass is 19.4. The van der Waals surface area contributed by atoms with E-state index in [2.05, 4.69) is 15.5 Å². The van der Waals surface area contributed by atoms with Gasteiger partial charge in [0.25, 0.3) is 0 Å². The quantitative estimate of drug-likeness (QED) is 0.771. The van der Waals surface area contributed by atoms with E-state index in [0.29, 0.717) is 32.6 Å². The fourth-order valence-corrected chi connectivity index (χ4v) is 3.68. The summed E-state index contributed by atoms with van der Waals surface area (Å²) < 4.78 is 37.9. The van der Waals surface area contributed by atoms with Gasteiger partial charge in [-0.25, -0.2) is 0 Å². The summed E-state index contributed by atoms with van der Waals surface area (Å²) in [5.74, 6) is -0.263. The van der Waals surface area contributed by atoms with E-state index < -0.39 is 17.8 Å². The number of amides is 2. The highest BCUT2D eigenvalue weighted by Gasteiger charge is 2.30. The summed E-state index contributed by atoms with van der Waals surface area (Å²) >= 11 is 0. The van der Waals surface area contributed by atoms with Crippen LogP contribution in [0, 0.1) is 0 Å². The number of carbonyl (C=O) groups is 2. The van der Waals surface area contributed by atoms with Gasteiger partial charge in [0.2, 0.25) is 11.8 Å². The van der Waals surface area contributed by atoms with Gasteiger partial charge in [0.15, 0.2) is 0 Å². The Morgan fingerprint density at radius 1 is 1.07 bits per heavy atom. The molecule has 1 aromatic carbocycles. The Hall–Kier alpha value is -2.13. The molecule has 0 radical (unpaired) electrons. The van der Waals surface area contributed by atoms with Gasteiger partial charge < -0.3 is 10.6 Å². The average Bonchev–Trinajstić information content (AvgIpc) is 2.87. The third-order valence-electron chi connectivity index (χ3n) is 5.39. The number of carbonyl (C=O) groups excluding carboxylic acids is 2. The first-order valence-corrected chi connectivity index (χ1v) is 9.99.